The Morgan fingerprint density at radius 3 is 2.00 bits per heavy atom. The highest BCUT2D eigenvalue weighted by Gasteiger charge is 2.35. The Morgan fingerprint density at radius 1 is 0.848 bits per heavy atom. The van der Waals surface area contributed by atoms with E-state index in [1.807, 2.05) is 24.3 Å². The van der Waals surface area contributed by atoms with Crippen molar-refractivity contribution in [2.24, 2.45) is 0 Å². The van der Waals surface area contributed by atoms with Gasteiger partial charge in [-0.15, -0.1) is 0 Å². The second-order valence-corrected chi connectivity index (χ2v) is 10.7. The maximum atomic E-state index is 13.0. The molecule has 33 heavy (non-hydrogen) atoms. The summed E-state index contributed by atoms with van der Waals surface area (Å²) < 4.78 is 27.2. The maximum Gasteiger partial charge on any atom is 0.261 e. The summed E-state index contributed by atoms with van der Waals surface area (Å²) in [7, 11) is -3.57. The Morgan fingerprint density at radius 2 is 1.42 bits per heavy atom. The van der Waals surface area contributed by atoms with Crippen LogP contribution in [0.5, 0.6) is 0 Å². The van der Waals surface area contributed by atoms with Gasteiger partial charge in [-0.25, -0.2) is 8.42 Å². The summed E-state index contributed by atoms with van der Waals surface area (Å²) in [5.74, 6) is -0.541. The van der Waals surface area contributed by atoms with Gasteiger partial charge in [-0.05, 0) is 41.8 Å². The average molecular weight is 485 g/mol. The number of carbonyl (C=O) groups is 2. The third kappa shape index (κ3) is 3.93. The standard InChI is InChI=1S/C24H22ClN3O4S/c25-18-7-9-19(10-8-18)33(31,32)27-14-11-26(12-15-27)13-16-28-23(29)20-5-1-3-17-4-2-6-21(22(17)20)24(28)30/h1-10H,11-16H2/p+1. The number of amides is 2. The predicted molar refractivity (Wildman–Crippen MR) is 125 cm³/mol. The van der Waals surface area contributed by atoms with Crippen LogP contribution in [0.15, 0.2) is 65.6 Å². The highest BCUT2D eigenvalue weighted by Crippen LogP contribution is 2.29. The first kappa shape index (κ1) is 22.0. The van der Waals surface area contributed by atoms with E-state index in [0.29, 0.717) is 55.4 Å². The molecule has 0 radical (unpaired) electrons. The van der Waals surface area contributed by atoms with Crippen LogP contribution in [0.2, 0.25) is 5.02 Å². The van der Waals surface area contributed by atoms with Gasteiger partial charge in [0.15, 0.2) is 0 Å². The van der Waals surface area contributed by atoms with Crippen LogP contribution in [0.4, 0.5) is 0 Å². The normalized spacial score (nSPS) is 17.7. The van der Waals surface area contributed by atoms with Crippen LogP contribution in [0, 0.1) is 0 Å². The summed E-state index contributed by atoms with van der Waals surface area (Å²) in [6.07, 6.45) is 0. The molecule has 2 aliphatic heterocycles. The van der Waals surface area contributed by atoms with Crippen molar-refractivity contribution in [2.45, 2.75) is 4.90 Å². The van der Waals surface area contributed by atoms with E-state index < -0.39 is 10.0 Å². The summed E-state index contributed by atoms with van der Waals surface area (Å²) in [5.41, 5.74) is 1.10. The van der Waals surface area contributed by atoms with Crippen molar-refractivity contribution in [3.05, 3.63) is 76.8 Å². The summed E-state index contributed by atoms with van der Waals surface area (Å²) in [5, 5.41) is 2.10. The molecule has 9 heteroatoms. The van der Waals surface area contributed by atoms with E-state index in [2.05, 4.69) is 0 Å². The first-order valence-corrected chi connectivity index (χ1v) is 12.7. The van der Waals surface area contributed by atoms with Crippen molar-refractivity contribution in [1.29, 1.82) is 0 Å². The first-order chi connectivity index (χ1) is 15.9. The van der Waals surface area contributed by atoms with Crippen molar-refractivity contribution >= 4 is 44.2 Å². The van der Waals surface area contributed by atoms with Gasteiger partial charge in [0, 0.05) is 21.5 Å². The largest absolute Gasteiger partial charge is 0.331 e. The SMILES string of the molecule is O=C1c2cccc3cccc(c23)C(=O)N1CC[NH+]1CCN(S(=O)(=O)c2ccc(Cl)cc2)CC1. The maximum absolute atomic E-state index is 13.0. The Bertz CT molecular complexity index is 1300. The highest BCUT2D eigenvalue weighted by molar-refractivity contribution is 7.89. The molecule has 170 valence electrons. The van der Waals surface area contributed by atoms with Crippen molar-refractivity contribution < 1.29 is 22.9 Å². The van der Waals surface area contributed by atoms with E-state index in [0.717, 1.165) is 15.7 Å². The number of rotatable bonds is 5. The molecule has 3 aromatic carbocycles. The fourth-order valence-electron chi connectivity index (χ4n) is 4.60. The van der Waals surface area contributed by atoms with Crippen molar-refractivity contribution in [1.82, 2.24) is 9.21 Å². The molecule has 7 nitrogen and oxygen atoms in total. The van der Waals surface area contributed by atoms with Crippen LogP contribution >= 0.6 is 11.6 Å². The van der Waals surface area contributed by atoms with Gasteiger partial charge in [-0.2, -0.15) is 4.31 Å². The number of carbonyl (C=O) groups excluding carboxylic acids is 2. The third-order valence-corrected chi connectivity index (χ3v) is 8.59. The molecule has 0 spiro atoms. The number of halogens is 1. The summed E-state index contributed by atoms with van der Waals surface area (Å²) in [6.45, 7) is 2.84. The van der Waals surface area contributed by atoms with Gasteiger partial charge in [0.2, 0.25) is 10.0 Å². The first-order valence-electron chi connectivity index (χ1n) is 10.8. The number of benzene rings is 3. The van der Waals surface area contributed by atoms with E-state index in [-0.39, 0.29) is 16.7 Å². The van der Waals surface area contributed by atoms with Crippen LogP contribution in [0.25, 0.3) is 10.8 Å². The number of imide groups is 1. The van der Waals surface area contributed by atoms with E-state index >= 15 is 0 Å². The van der Waals surface area contributed by atoms with Gasteiger partial charge in [0.25, 0.3) is 11.8 Å². The molecule has 2 aliphatic rings. The second-order valence-electron chi connectivity index (χ2n) is 8.33. The van der Waals surface area contributed by atoms with Gasteiger partial charge < -0.3 is 4.90 Å². The minimum absolute atomic E-state index is 0.229. The number of piperazine rings is 1. The number of nitrogens with zero attached hydrogens (tertiary/aromatic N) is 2. The summed E-state index contributed by atoms with van der Waals surface area (Å²) in [6, 6.07) is 17.2. The quantitative estimate of drug-likeness (QED) is 0.559. The number of sulfonamides is 1. The Hall–Kier alpha value is -2.78. The molecule has 1 saturated heterocycles. The minimum Gasteiger partial charge on any atom is -0.331 e. The zero-order chi connectivity index (χ0) is 23.2. The molecule has 2 heterocycles. The predicted octanol–water partition coefficient (Wildman–Crippen LogP) is 1.68. The molecule has 0 saturated carbocycles. The number of quaternary nitrogens is 1. The molecule has 1 N–H and O–H groups in total. The second kappa shape index (κ2) is 8.53. The van der Waals surface area contributed by atoms with E-state index in [1.165, 1.54) is 21.3 Å². The molecule has 0 atom stereocenters. The Labute approximate surface area is 197 Å². The van der Waals surface area contributed by atoms with Gasteiger partial charge in [0.05, 0.1) is 44.2 Å². The van der Waals surface area contributed by atoms with Crippen LogP contribution in [-0.4, -0.2) is 68.7 Å². The molecule has 3 aromatic rings. The fourth-order valence-corrected chi connectivity index (χ4v) is 6.17. The monoisotopic (exact) mass is 484 g/mol. The van der Waals surface area contributed by atoms with E-state index in [4.69, 9.17) is 11.6 Å². The lowest BCUT2D eigenvalue weighted by Crippen LogP contribution is -3.15. The lowest BCUT2D eigenvalue weighted by molar-refractivity contribution is -0.902. The van der Waals surface area contributed by atoms with Crippen LogP contribution in [-0.2, 0) is 10.0 Å². The average Bonchev–Trinajstić information content (AvgIpc) is 2.83. The molecule has 5 rings (SSSR count). The molecular formula is C24H23ClN3O4S+. The number of hydrogen-bond donors (Lipinski definition) is 1. The molecule has 0 bridgehead atoms. The molecule has 0 aromatic heterocycles. The van der Waals surface area contributed by atoms with Crippen LogP contribution < -0.4 is 4.90 Å². The molecule has 1 fully saturated rings. The third-order valence-electron chi connectivity index (χ3n) is 6.43. The van der Waals surface area contributed by atoms with Crippen molar-refractivity contribution in [3.8, 4) is 0 Å². The highest BCUT2D eigenvalue weighted by atomic mass is 35.5. The lowest BCUT2D eigenvalue weighted by atomic mass is 9.94. The van der Waals surface area contributed by atoms with E-state index in [1.54, 1.807) is 24.3 Å². The van der Waals surface area contributed by atoms with Crippen molar-refractivity contribution in [3.63, 3.8) is 0 Å². The van der Waals surface area contributed by atoms with Gasteiger partial charge in [0.1, 0.15) is 0 Å². The molecule has 2 amide bonds. The minimum atomic E-state index is -3.57. The van der Waals surface area contributed by atoms with Gasteiger partial charge in [-0.1, -0.05) is 35.9 Å². The summed E-state index contributed by atoms with van der Waals surface area (Å²) in [4.78, 5) is 28.8. The Kier molecular flexibility index (Phi) is 5.70. The zero-order valence-corrected chi connectivity index (χ0v) is 19.4. The van der Waals surface area contributed by atoms with Gasteiger partial charge >= 0.3 is 0 Å². The topological polar surface area (TPSA) is 79.2 Å². The van der Waals surface area contributed by atoms with Crippen molar-refractivity contribution in [2.75, 3.05) is 39.3 Å². The molecule has 0 aliphatic carbocycles. The summed E-state index contributed by atoms with van der Waals surface area (Å²) >= 11 is 5.87. The molecular weight excluding hydrogens is 462 g/mol. The number of hydrogen-bond acceptors (Lipinski definition) is 4. The molecule has 0 unspecified atom stereocenters. The Balaban J connectivity index is 1.24. The van der Waals surface area contributed by atoms with Crippen LogP contribution in [0.3, 0.4) is 0 Å². The number of nitrogens with one attached hydrogen (secondary N) is 1. The lowest BCUT2D eigenvalue weighted by Gasteiger charge is -2.33. The fraction of sp³-hybridized carbons (Fsp3) is 0.250. The van der Waals surface area contributed by atoms with Crippen LogP contribution in [0.1, 0.15) is 20.7 Å². The zero-order valence-electron chi connectivity index (χ0n) is 17.8. The van der Waals surface area contributed by atoms with E-state index in [9.17, 15) is 18.0 Å². The smallest absolute Gasteiger partial charge is 0.261 e. The van der Waals surface area contributed by atoms with Gasteiger partial charge in [-0.3, -0.25) is 14.5 Å².